The summed E-state index contributed by atoms with van der Waals surface area (Å²) >= 11 is 0. The van der Waals surface area contributed by atoms with E-state index < -0.39 is 15.7 Å². The number of amidine groups is 1. The van der Waals surface area contributed by atoms with Crippen LogP contribution in [0.3, 0.4) is 0 Å². The molecule has 0 radical (unpaired) electrons. The number of rotatable bonds is 6. The molecule has 0 bridgehead atoms. The first-order valence-electron chi connectivity index (χ1n) is 7.19. The summed E-state index contributed by atoms with van der Waals surface area (Å²) < 4.78 is 29.1. The molecule has 118 valence electrons. The van der Waals surface area contributed by atoms with E-state index in [0.717, 1.165) is 25.7 Å². The highest BCUT2D eigenvalue weighted by Gasteiger charge is 2.38. The van der Waals surface area contributed by atoms with Gasteiger partial charge >= 0.3 is 0 Å². The van der Waals surface area contributed by atoms with Crippen LogP contribution in [0.2, 0.25) is 0 Å². The molecule has 0 saturated carbocycles. The van der Waals surface area contributed by atoms with Gasteiger partial charge in [0.2, 0.25) is 0 Å². The summed E-state index contributed by atoms with van der Waals surface area (Å²) in [6, 6.07) is 0. The minimum absolute atomic E-state index is 0.0964. The molecule has 0 aromatic carbocycles. The molecule has 1 aliphatic rings. The molecule has 0 aromatic rings. The normalized spacial score (nSPS) is 19.8. The van der Waals surface area contributed by atoms with Gasteiger partial charge < -0.3 is 10.9 Å². The van der Waals surface area contributed by atoms with Crippen molar-refractivity contribution in [2.24, 2.45) is 10.9 Å². The smallest absolute Gasteiger partial charge is 0.280 e. The molecule has 20 heavy (non-hydrogen) atoms. The second-order valence-electron chi connectivity index (χ2n) is 5.19. The van der Waals surface area contributed by atoms with Crippen molar-refractivity contribution in [2.45, 2.75) is 57.9 Å². The molecule has 8 heteroatoms. The maximum absolute atomic E-state index is 12.5. The van der Waals surface area contributed by atoms with Crippen LogP contribution >= 0.6 is 0 Å². The molecular weight excluding hydrogens is 280 g/mol. The Morgan fingerprint density at radius 2 is 1.75 bits per heavy atom. The van der Waals surface area contributed by atoms with Gasteiger partial charge in [-0.05, 0) is 25.7 Å². The summed E-state index contributed by atoms with van der Waals surface area (Å²) in [7, 11) is -3.63. The molecule has 0 aromatic heterocycles. The quantitative estimate of drug-likeness (QED) is 0.294. The number of nitrogens with one attached hydrogen (secondary N) is 1. The predicted octanol–water partition coefficient (Wildman–Crippen LogP) is 1.00. The van der Waals surface area contributed by atoms with Gasteiger partial charge in [0.25, 0.3) is 10.2 Å². The highest BCUT2D eigenvalue weighted by molar-refractivity contribution is 7.87. The van der Waals surface area contributed by atoms with Crippen LogP contribution in [0.5, 0.6) is 0 Å². The molecule has 0 unspecified atom stereocenters. The molecule has 0 atom stereocenters. The zero-order valence-corrected chi connectivity index (χ0v) is 13.1. The number of hydrogen-bond acceptors (Lipinski definition) is 4. The van der Waals surface area contributed by atoms with E-state index >= 15 is 0 Å². The van der Waals surface area contributed by atoms with E-state index in [0.29, 0.717) is 25.9 Å². The van der Waals surface area contributed by atoms with E-state index in [1.807, 2.05) is 13.8 Å². The fourth-order valence-corrected chi connectivity index (χ4v) is 4.25. The maximum atomic E-state index is 12.5. The molecule has 1 rings (SSSR count). The van der Waals surface area contributed by atoms with Gasteiger partial charge in [-0.3, -0.25) is 0 Å². The van der Waals surface area contributed by atoms with Crippen molar-refractivity contribution in [2.75, 3.05) is 13.1 Å². The standard InChI is InChI=1S/C12H26N4O3S/c1-3-12(4-2,11(13)14-17)15-20(18,19)16-9-7-5-6-8-10-16/h15,17H,3-10H2,1-2H3,(H2,13,14). The number of nitrogens with two attached hydrogens (primary N) is 1. The van der Waals surface area contributed by atoms with Crippen molar-refractivity contribution >= 4 is 16.0 Å². The first kappa shape index (κ1) is 17.2. The van der Waals surface area contributed by atoms with Gasteiger partial charge in [0.15, 0.2) is 5.84 Å². The molecule has 0 aliphatic carbocycles. The predicted molar refractivity (Wildman–Crippen MR) is 78.8 cm³/mol. The fraction of sp³-hybridized carbons (Fsp3) is 0.917. The lowest BCUT2D eigenvalue weighted by atomic mass is 9.93. The molecule has 0 amide bonds. The van der Waals surface area contributed by atoms with Crippen molar-refractivity contribution in [3.63, 3.8) is 0 Å². The minimum Gasteiger partial charge on any atom is -0.409 e. The largest absolute Gasteiger partial charge is 0.409 e. The summed E-state index contributed by atoms with van der Waals surface area (Å²) in [5.41, 5.74) is 4.67. The Bertz CT molecular complexity index is 424. The van der Waals surface area contributed by atoms with Gasteiger partial charge in [0.1, 0.15) is 0 Å². The number of nitrogens with zero attached hydrogens (tertiary/aromatic N) is 2. The molecule has 0 spiro atoms. The Balaban J connectivity index is 2.96. The third-order valence-corrected chi connectivity index (χ3v) is 5.73. The molecule has 1 heterocycles. The first-order chi connectivity index (χ1) is 9.41. The number of hydrogen-bond donors (Lipinski definition) is 3. The summed E-state index contributed by atoms with van der Waals surface area (Å²) in [4.78, 5) is 0. The second-order valence-corrected chi connectivity index (χ2v) is 6.87. The van der Waals surface area contributed by atoms with Crippen molar-refractivity contribution in [3.8, 4) is 0 Å². The molecule has 1 saturated heterocycles. The Morgan fingerprint density at radius 1 is 1.25 bits per heavy atom. The lowest BCUT2D eigenvalue weighted by Gasteiger charge is -2.33. The van der Waals surface area contributed by atoms with Crippen LogP contribution in [0.25, 0.3) is 0 Å². The Labute approximate surface area is 121 Å². The molecule has 7 nitrogen and oxygen atoms in total. The topological polar surface area (TPSA) is 108 Å². The third kappa shape index (κ3) is 3.83. The average molecular weight is 306 g/mol. The first-order valence-corrected chi connectivity index (χ1v) is 8.63. The van der Waals surface area contributed by atoms with Crippen LogP contribution in [0.15, 0.2) is 5.16 Å². The summed E-state index contributed by atoms with van der Waals surface area (Å²) in [5, 5.41) is 11.9. The van der Waals surface area contributed by atoms with E-state index in [-0.39, 0.29) is 5.84 Å². The zero-order valence-electron chi connectivity index (χ0n) is 12.3. The van der Waals surface area contributed by atoms with Gasteiger partial charge in [-0.2, -0.15) is 17.4 Å². The lowest BCUT2D eigenvalue weighted by molar-refractivity contribution is 0.306. The van der Waals surface area contributed by atoms with Crippen LogP contribution in [0.4, 0.5) is 0 Å². The van der Waals surface area contributed by atoms with E-state index in [1.54, 1.807) is 0 Å². The van der Waals surface area contributed by atoms with E-state index in [4.69, 9.17) is 10.9 Å². The highest BCUT2D eigenvalue weighted by Crippen LogP contribution is 2.20. The molecule has 1 aliphatic heterocycles. The molecule has 4 N–H and O–H groups in total. The average Bonchev–Trinajstić information content (AvgIpc) is 2.73. The zero-order chi connectivity index (χ0) is 15.2. The highest BCUT2D eigenvalue weighted by atomic mass is 32.2. The van der Waals surface area contributed by atoms with Crippen molar-refractivity contribution in [3.05, 3.63) is 0 Å². The van der Waals surface area contributed by atoms with Gasteiger partial charge in [0, 0.05) is 13.1 Å². The summed E-state index contributed by atoms with van der Waals surface area (Å²) in [5.74, 6) is -0.0964. The molecular formula is C12H26N4O3S. The Hall–Kier alpha value is -0.860. The summed E-state index contributed by atoms with van der Waals surface area (Å²) in [6.07, 6.45) is 4.70. The fourth-order valence-electron chi connectivity index (χ4n) is 2.50. The van der Waals surface area contributed by atoms with Crippen molar-refractivity contribution < 1.29 is 13.6 Å². The minimum atomic E-state index is -3.63. The van der Waals surface area contributed by atoms with E-state index in [9.17, 15) is 8.42 Å². The maximum Gasteiger partial charge on any atom is 0.280 e. The van der Waals surface area contributed by atoms with Crippen LogP contribution in [-0.2, 0) is 10.2 Å². The monoisotopic (exact) mass is 306 g/mol. The van der Waals surface area contributed by atoms with Crippen molar-refractivity contribution in [1.29, 1.82) is 0 Å². The van der Waals surface area contributed by atoms with Gasteiger partial charge in [-0.25, -0.2) is 0 Å². The van der Waals surface area contributed by atoms with Crippen LogP contribution in [0, 0.1) is 0 Å². The summed E-state index contributed by atoms with van der Waals surface area (Å²) in [6.45, 7) is 4.67. The number of oxime groups is 1. The second kappa shape index (κ2) is 7.24. The SMILES string of the molecule is CCC(CC)(NS(=O)(=O)N1CCCCCC1)/C(N)=N/O. The Morgan fingerprint density at radius 3 is 2.15 bits per heavy atom. The van der Waals surface area contributed by atoms with Crippen LogP contribution in [0.1, 0.15) is 52.4 Å². The van der Waals surface area contributed by atoms with Crippen LogP contribution < -0.4 is 10.5 Å². The third-order valence-electron chi connectivity index (χ3n) is 4.03. The molecule has 1 fully saturated rings. The van der Waals surface area contributed by atoms with Crippen LogP contribution in [-0.4, -0.2) is 42.4 Å². The van der Waals surface area contributed by atoms with E-state index in [1.165, 1.54) is 4.31 Å². The van der Waals surface area contributed by atoms with Gasteiger partial charge in [-0.15, -0.1) is 0 Å². The van der Waals surface area contributed by atoms with E-state index in [2.05, 4.69) is 9.88 Å². The van der Waals surface area contributed by atoms with Gasteiger partial charge in [-0.1, -0.05) is 31.8 Å². The van der Waals surface area contributed by atoms with Gasteiger partial charge in [0.05, 0.1) is 5.54 Å². The lowest BCUT2D eigenvalue weighted by Crippen LogP contribution is -2.59. The Kier molecular flexibility index (Phi) is 6.22. The van der Waals surface area contributed by atoms with Crippen molar-refractivity contribution in [1.82, 2.24) is 9.03 Å².